The monoisotopic (exact) mass is 338 g/mol. The molecule has 126 valence electrons. The molecule has 3 rings (SSSR count). The number of nitrogens with zero attached hydrogens (tertiary/aromatic N) is 1. The fourth-order valence-electron chi connectivity index (χ4n) is 3.15. The number of nitrogens with one attached hydrogen (secondary N) is 1. The van der Waals surface area contributed by atoms with Gasteiger partial charge >= 0.3 is 0 Å². The van der Waals surface area contributed by atoms with E-state index in [1.165, 1.54) is 29.5 Å². The van der Waals surface area contributed by atoms with Crippen LogP contribution in [-0.2, 0) is 6.54 Å². The summed E-state index contributed by atoms with van der Waals surface area (Å²) in [4.78, 5) is 2.35. The van der Waals surface area contributed by atoms with E-state index in [9.17, 15) is 0 Å². The molecule has 2 aromatic rings. The summed E-state index contributed by atoms with van der Waals surface area (Å²) >= 11 is 5.79. The molecular formula is C21H26N2S. The second kappa shape index (κ2) is 7.35. The van der Waals surface area contributed by atoms with Gasteiger partial charge in [0.2, 0.25) is 0 Å². The van der Waals surface area contributed by atoms with Gasteiger partial charge in [-0.05, 0) is 68.9 Å². The number of anilines is 1. The minimum absolute atomic E-state index is 0.468. The summed E-state index contributed by atoms with van der Waals surface area (Å²) in [6, 6.07) is 17.5. The first-order chi connectivity index (χ1) is 11.5. The summed E-state index contributed by atoms with van der Waals surface area (Å²) in [6.45, 7) is 7.40. The van der Waals surface area contributed by atoms with Gasteiger partial charge in [-0.3, -0.25) is 0 Å². The molecule has 0 radical (unpaired) electrons. The summed E-state index contributed by atoms with van der Waals surface area (Å²) < 4.78 is 0. The summed E-state index contributed by atoms with van der Waals surface area (Å²) in [5, 5.41) is 4.30. The molecule has 1 unspecified atom stereocenters. The van der Waals surface area contributed by atoms with Crippen molar-refractivity contribution in [2.24, 2.45) is 5.92 Å². The maximum absolute atomic E-state index is 5.79. The maximum atomic E-state index is 5.79. The predicted molar refractivity (Wildman–Crippen MR) is 106 cm³/mol. The molecule has 0 aliphatic heterocycles. The van der Waals surface area contributed by atoms with Gasteiger partial charge in [-0.1, -0.05) is 48.0 Å². The SMILES string of the molecule is Cc1ccc(NC(=S)N(Cc2ccccc2)C(C)C2CC2)c(C)c1. The molecule has 1 saturated carbocycles. The van der Waals surface area contributed by atoms with Crippen molar-refractivity contribution < 1.29 is 0 Å². The molecule has 0 spiro atoms. The van der Waals surface area contributed by atoms with Crippen molar-refractivity contribution in [1.82, 2.24) is 4.90 Å². The van der Waals surface area contributed by atoms with E-state index in [0.29, 0.717) is 6.04 Å². The van der Waals surface area contributed by atoms with E-state index in [2.05, 4.69) is 79.5 Å². The molecule has 2 aromatic carbocycles. The van der Waals surface area contributed by atoms with Gasteiger partial charge in [0.15, 0.2) is 5.11 Å². The van der Waals surface area contributed by atoms with Crippen LogP contribution < -0.4 is 5.32 Å². The standard InChI is InChI=1S/C21H26N2S/c1-15-9-12-20(16(2)13-15)22-21(24)23(17(3)19-10-11-19)14-18-7-5-4-6-8-18/h4-9,12-13,17,19H,10-11,14H2,1-3H3,(H,22,24). The van der Waals surface area contributed by atoms with E-state index in [1.54, 1.807) is 0 Å². The zero-order valence-electron chi connectivity index (χ0n) is 14.8. The van der Waals surface area contributed by atoms with Gasteiger partial charge in [0, 0.05) is 18.3 Å². The highest BCUT2D eigenvalue weighted by Gasteiger charge is 2.33. The van der Waals surface area contributed by atoms with Crippen molar-refractivity contribution in [1.29, 1.82) is 0 Å². The lowest BCUT2D eigenvalue weighted by atomic mass is 10.1. The van der Waals surface area contributed by atoms with Crippen molar-refractivity contribution in [3.8, 4) is 0 Å². The van der Waals surface area contributed by atoms with E-state index in [1.807, 2.05) is 0 Å². The molecule has 0 aromatic heterocycles. The average molecular weight is 339 g/mol. The van der Waals surface area contributed by atoms with Crippen LogP contribution in [0.15, 0.2) is 48.5 Å². The molecule has 1 N–H and O–H groups in total. The quantitative estimate of drug-likeness (QED) is 0.745. The van der Waals surface area contributed by atoms with Crippen molar-refractivity contribution in [2.45, 2.75) is 46.2 Å². The van der Waals surface area contributed by atoms with Crippen molar-refractivity contribution in [2.75, 3.05) is 5.32 Å². The number of benzene rings is 2. The molecule has 3 heteroatoms. The van der Waals surface area contributed by atoms with Gasteiger partial charge in [-0.25, -0.2) is 0 Å². The third-order valence-corrected chi connectivity index (χ3v) is 5.21. The first kappa shape index (κ1) is 17.0. The van der Waals surface area contributed by atoms with E-state index in [-0.39, 0.29) is 0 Å². The van der Waals surface area contributed by atoms with Crippen molar-refractivity contribution in [3.05, 3.63) is 65.2 Å². The molecule has 1 aliphatic rings. The number of aryl methyl sites for hydroxylation is 2. The molecule has 0 amide bonds. The molecule has 1 atom stereocenters. The van der Waals surface area contributed by atoms with Crippen LogP contribution in [-0.4, -0.2) is 16.1 Å². The van der Waals surface area contributed by atoms with Gasteiger partial charge in [-0.15, -0.1) is 0 Å². The zero-order chi connectivity index (χ0) is 17.1. The second-order valence-electron chi connectivity index (χ2n) is 6.94. The topological polar surface area (TPSA) is 15.3 Å². The van der Waals surface area contributed by atoms with Gasteiger partial charge < -0.3 is 10.2 Å². The van der Waals surface area contributed by atoms with Gasteiger partial charge in [0.05, 0.1) is 0 Å². The molecule has 0 saturated heterocycles. The van der Waals surface area contributed by atoms with E-state index < -0.39 is 0 Å². The Kier molecular flexibility index (Phi) is 5.20. The highest BCUT2D eigenvalue weighted by atomic mass is 32.1. The molecule has 2 nitrogen and oxygen atoms in total. The first-order valence-electron chi connectivity index (χ1n) is 8.73. The molecule has 1 fully saturated rings. The lowest BCUT2D eigenvalue weighted by Crippen LogP contribution is -2.42. The van der Waals surface area contributed by atoms with Crippen LogP contribution in [0.3, 0.4) is 0 Å². The largest absolute Gasteiger partial charge is 0.342 e. The number of hydrogen-bond acceptors (Lipinski definition) is 1. The Morgan fingerprint density at radius 3 is 2.50 bits per heavy atom. The summed E-state index contributed by atoms with van der Waals surface area (Å²) in [5.74, 6) is 0.771. The summed E-state index contributed by atoms with van der Waals surface area (Å²) in [6.07, 6.45) is 2.64. The third-order valence-electron chi connectivity index (χ3n) is 4.88. The Morgan fingerprint density at radius 2 is 1.88 bits per heavy atom. The fourth-order valence-corrected chi connectivity index (χ4v) is 3.50. The van der Waals surface area contributed by atoms with E-state index in [4.69, 9.17) is 12.2 Å². The van der Waals surface area contributed by atoms with Crippen LogP contribution in [0.4, 0.5) is 5.69 Å². The fraction of sp³-hybridized carbons (Fsp3) is 0.381. The second-order valence-corrected chi connectivity index (χ2v) is 7.33. The minimum atomic E-state index is 0.468. The van der Waals surface area contributed by atoms with Crippen molar-refractivity contribution in [3.63, 3.8) is 0 Å². The van der Waals surface area contributed by atoms with Gasteiger partial charge in [-0.2, -0.15) is 0 Å². The third kappa shape index (κ3) is 4.15. The number of thiocarbonyl (C=S) groups is 1. The smallest absolute Gasteiger partial charge is 0.173 e. The van der Waals surface area contributed by atoms with Crippen LogP contribution in [0.2, 0.25) is 0 Å². The Balaban J connectivity index is 1.77. The van der Waals surface area contributed by atoms with E-state index >= 15 is 0 Å². The van der Waals surface area contributed by atoms with Crippen LogP contribution in [0.5, 0.6) is 0 Å². The molecular weight excluding hydrogens is 312 g/mol. The van der Waals surface area contributed by atoms with Gasteiger partial charge in [0.25, 0.3) is 0 Å². The Hall–Kier alpha value is -1.87. The molecule has 24 heavy (non-hydrogen) atoms. The van der Waals surface area contributed by atoms with Crippen LogP contribution >= 0.6 is 12.2 Å². The lowest BCUT2D eigenvalue weighted by Gasteiger charge is -2.32. The Labute approximate surface area is 150 Å². The number of rotatable bonds is 5. The lowest BCUT2D eigenvalue weighted by molar-refractivity contribution is 0.298. The molecule has 0 bridgehead atoms. The summed E-state index contributed by atoms with van der Waals surface area (Å²) in [5.41, 5.74) is 4.91. The van der Waals surface area contributed by atoms with Gasteiger partial charge in [0.1, 0.15) is 0 Å². The van der Waals surface area contributed by atoms with Crippen LogP contribution in [0.25, 0.3) is 0 Å². The van der Waals surface area contributed by atoms with Crippen molar-refractivity contribution >= 4 is 23.0 Å². The minimum Gasteiger partial charge on any atom is -0.342 e. The normalized spacial score (nSPS) is 15.0. The Bertz CT molecular complexity index is 707. The zero-order valence-corrected chi connectivity index (χ0v) is 15.6. The molecule has 0 heterocycles. The number of hydrogen-bond donors (Lipinski definition) is 1. The van der Waals surface area contributed by atoms with Crippen LogP contribution in [0.1, 0.15) is 36.5 Å². The van der Waals surface area contributed by atoms with E-state index in [0.717, 1.165) is 23.3 Å². The first-order valence-corrected chi connectivity index (χ1v) is 9.14. The highest BCUT2D eigenvalue weighted by molar-refractivity contribution is 7.80. The highest BCUT2D eigenvalue weighted by Crippen LogP contribution is 2.36. The molecule has 1 aliphatic carbocycles. The average Bonchev–Trinajstić information content (AvgIpc) is 3.40. The maximum Gasteiger partial charge on any atom is 0.173 e. The Morgan fingerprint density at radius 1 is 1.17 bits per heavy atom. The van der Waals surface area contributed by atoms with Crippen LogP contribution in [0, 0.1) is 19.8 Å². The summed E-state index contributed by atoms with van der Waals surface area (Å²) in [7, 11) is 0. The predicted octanol–water partition coefficient (Wildman–Crippen LogP) is 5.30.